The first-order valence-electron chi connectivity index (χ1n) is 5.31. The summed E-state index contributed by atoms with van der Waals surface area (Å²) >= 11 is 1.52. The minimum Gasteiger partial charge on any atom is -0.497 e. The number of hydrogen-bond acceptors (Lipinski definition) is 4. The lowest BCUT2D eigenvalue weighted by atomic mass is 10.2. The molecule has 2 rings (SSSR count). The largest absolute Gasteiger partial charge is 0.497 e. The molecule has 1 heterocycles. The van der Waals surface area contributed by atoms with Gasteiger partial charge in [-0.25, -0.2) is 0 Å². The molecule has 0 unspecified atom stereocenters. The third-order valence-corrected chi connectivity index (χ3v) is 3.42. The molecule has 18 heavy (non-hydrogen) atoms. The van der Waals surface area contributed by atoms with Crippen molar-refractivity contribution in [3.8, 4) is 5.75 Å². The summed E-state index contributed by atoms with van der Waals surface area (Å²) in [5.41, 5.74) is 6.24. The molecule has 0 aliphatic heterocycles. The lowest BCUT2D eigenvalue weighted by Crippen LogP contribution is -2.12. The minimum absolute atomic E-state index is 0.0495. The normalized spacial score (nSPS) is 10.1. The van der Waals surface area contributed by atoms with Crippen LogP contribution in [0.15, 0.2) is 52.5 Å². The van der Waals surface area contributed by atoms with Crippen LogP contribution in [0.5, 0.6) is 5.75 Å². The van der Waals surface area contributed by atoms with Gasteiger partial charge in [-0.3, -0.25) is 10.4 Å². The molecule has 0 radical (unpaired) electrons. The summed E-state index contributed by atoms with van der Waals surface area (Å²) in [6.07, 6.45) is 3.35. The molecule has 0 saturated carbocycles. The third-order valence-electron chi connectivity index (χ3n) is 2.36. The Morgan fingerprint density at radius 1 is 1.28 bits per heavy atom. The van der Waals surface area contributed by atoms with Crippen LogP contribution in [-0.2, 0) is 0 Å². The number of aromatic nitrogens is 1. The van der Waals surface area contributed by atoms with E-state index >= 15 is 0 Å². The number of nitrogen functional groups attached to an aromatic ring is 1. The zero-order chi connectivity index (χ0) is 13.0. The lowest BCUT2D eigenvalue weighted by Gasteiger charge is -2.07. The molecule has 0 atom stereocenters. The highest BCUT2D eigenvalue weighted by Gasteiger charge is 2.06. The molecule has 0 fully saturated rings. The highest BCUT2D eigenvalue weighted by molar-refractivity contribution is 7.99. The van der Waals surface area contributed by atoms with Gasteiger partial charge in [0.2, 0.25) is 0 Å². The summed E-state index contributed by atoms with van der Waals surface area (Å²) in [7, 11) is 1.64. The first-order chi connectivity index (χ1) is 8.70. The topological polar surface area (TPSA) is 72.0 Å². The average molecular weight is 259 g/mol. The van der Waals surface area contributed by atoms with Crippen molar-refractivity contribution < 1.29 is 4.74 Å². The van der Waals surface area contributed by atoms with Crippen LogP contribution >= 0.6 is 11.8 Å². The molecule has 0 amide bonds. The summed E-state index contributed by atoms with van der Waals surface area (Å²) in [4.78, 5) is 5.98. The maximum Gasteiger partial charge on any atom is 0.124 e. The fourth-order valence-corrected chi connectivity index (χ4v) is 2.38. The Hall–Kier alpha value is -2.01. The number of pyridine rings is 1. The summed E-state index contributed by atoms with van der Waals surface area (Å²) < 4.78 is 5.11. The zero-order valence-electron chi connectivity index (χ0n) is 9.88. The van der Waals surface area contributed by atoms with E-state index in [0.29, 0.717) is 5.56 Å². The van der Waals surface area contributed by atoms with Crippen molar-refractivity contribution in [1.82, 2.24) is 4.98 Å². The highest BCUT2D eigenvalue weighted by atomic mass is 32.2. The van der Waals surface area contributed by atoms with E-state index < -0.39 is 0 Å². The number of ether oxygens (including phenoxy) is 1. The molecule has 4 nitrogen and oxygen atoms in total. The zero-order valence-corrected chi connectivity index (χ0v) is 10.7. The molecule has 92 valence electrons. The van der Waals surface area contributed by atoms with Gasteiger partial charge in [-0.2, -0.15) is 0 Å². The Morgan fingerprint density at radius 3 is 2.61 bits per heavy atom. The SMILES string of the molecule is COc1ccc(Sc2cnccc2C(=N)N)cc1. The molecule has 1 aromatic carbocycles. The predicted octanol–water partition coefficient (Wildman–Crippen LogP) is 2.53. The van der Waals surface area contributed by atoms with Gasteiger partial charge in [0.15, 0.2) is 0 Å². The van der Waals surface area contributed by atoms with Crippen molar-refractivity contribution in [3.63, 3.8) is 0 Å². The van der Waals surface area contributed by atoms with Gasteiger partial charge in [0.25, 0.3) is 0 Å². The molecule has 5 heteroatoms. The van der Waals surface area contributed by atoms with Crippen LogP contribution in [0.25, 0.3) is 0 Å². The molecule has 0 aliphatic rings. The molecular formula is C13H13N3OS. The number of benzene rings is 1. The quantitative estimate of drug-likeness (QED) is 0.653. The molecule has 2 aromatic rings. The van der Waals surface area contributed by atoms with E-state index in [4.69, 9.17) is 15.9 Å². The number of rotatable bonds is 4. The second-order valence-corrected chi connectivity index (χ2v) is 4.68. The first kappa shape index (κ1) is 12.4. The summed E-state index contributed by atoms with van der Waals surface area (Å²) in [6, 6.07) is 9.45. The standard InChI is InChI=1S/C13H13N3OS/c1-17-9-2-4-10(5-3-9)18-12-8-16-7-6-11(12)13(14)15/h2-8H,1H3,(H3,14,15). The fraction of sp³-hybridized carbons (Fsp3) is 0.0769. The van der Waals surface area contributed by atoms with Gasteiger partial charge < -0.3 is 10.5 Å². The maximum atomic E-state index is 7.52. The van der Waals surface area contributed by atoms with E-state index in [2.05, 4.69) is 4.98 Å². The molecule has 0 bridgehead atoms. The van der Waals surface area contributed by atoms with E-state index in [-0.39, 0.29) is 5.84 Å². The summed E-state index contributed by atoms with van der Waals surface area (Å²) in [6.45, 7) is 0. The van der Waals surface area contributed by atoms with Crippen LogP contribution in [0.3, 0.4) is 0 Å². The van der Waals surface area contributed by atoms with Crippen LogP contribution in [0.4, 0.5) is 0 Å². The number of nitrogens with zero attached hydrogens (tertiary/aromatic N) is 1. The van der Waals surface area contributed by atoms with Crippen molar-refractivity contribution in [2.24, 2.45) is 5.73 Å². The third kappa shape index (κ3) is 2.81. The van der Waals surface area contributed by atoms with Gasteiger partial charge in [-0.1, -0.05) is 11.8 Å². The van der Waals surface area contributed by atoms with Crippen molar-refractivity contribution >= 4 is 17.6 Å². The van der Waals surface area contributed by atoms with Gasteiger partial charge in [-0.15, -0.1) is 0 Å². The van der Waals surface area contributed by atoms with Crippen molar-refractivity contribution in [2.75, 3.05) is 7.11 Å². The summed E-state index contributed by atoms with van der Waals surface area (Å²) in [5, 5.41) is 7.52. The average Bonchev–Trinajstić information content (AvgIpc) is 2.40. The van der Waals surface area contributed by atoms with Gasteiger partial charge >= 0.3 is 0 Å². The fourth-order valence-electron chi connectivity index (χ4n) is 1.45. The molecule has 0 saturated heterocycles. The second kappa shape index (κ2) is 5.55. The van der Waals surface area contributed by atoms with Gasteiger partial charge in [0, 0.05) is 27.7 Å². The predicted molar refractivity (Wildman–Crippen MR) is 72.4 cm³/mol. The van der Waals surface area contributed by atoms with Gasteiger partial charge in [0.05, 0.1) is 7.11 Å². The van der Waals surface area contributed by atoms with Gasteiger partial charge in [-0.05, 0) is 30.3 Å². The van der Waals surface area contributed by atoms with Crippen molar-refractivity contribution in [3.05, 3.63) is 48.3 Å². The molecule has 0 spiro atoms. The Bertz CT molecular complexity index is 554. The highest BCUT2D eigenvalue weighted by Crippen LogP contribution is 2.30. The number of nitrogens with two attached hydrogens (primary N) is 1. The van der Waals surface area contributed by atoms with Crippen LogP contribution in [0, 0.1) is 5.41 Å². The van der Waals surface area contributed by atoms with Gasteiger partial charge in [0.1, 0.15) is 11.6 Å². The molecule has 3 N–H and O–H groups in total. The van der Waals surface area contributed by atoms with Crippen LogP contribution in [-0.4, -0.2) is 17.9 Å². The lowest BCUT2D eigenvalue weighted by molar-refractivity contribution is 0.414. The van der Waals surface area contributed by atoms with E-state index in [0.717, 1.165) is 15.5 Å². The number of hydrogen-bond donors (Lipinski definition) is 2. The Kier molecular flexibility index (Phi) is 3.84. The maximum absolute atomic E-state index is 7.52. The van der Waals surface area contributed by atoms with Crippen molar-refractivity contribution in [1.29, 1.82) is 5.41 Å². The minimum atomic E-state index is 0.0495. The monoisotopic (exact) mass is 259 g/mol. The van der Waals surface area contributed by atoms with E-state index in [1.165, 1.54) is 11.8 Å². The Balaban J connectivity index is 2.25. The Morgan fingerprint density at radius 2 is 2.00 bits per heavy atom. The van der Waals surface area contributed by atoms with E-state index in [1.54, 1.807) is 25.6 Å². The number of amidine groups is 1. The van der Waals surface area contributed by atoms with Crippen LogP contribution in [0.2, 0.25) is 0 Å². The van der Waals surface area contributed by atoms with Crippen LogP contribution < -0.4 is 10.5 Å². The van der Waals surface area contributed by atoms with E-state index in [1.807, 2.05) is 24.3 Å². The second-order valence-electron chi connectivity index (χ2n) is 3.56. The Labute approximate surface area is 110 Å². The van der Waals surface area contributed by atoms with Crippen LogP contribution in [0.1, 0.15) is 5.56 Å². The number of methoxy groups -OCH3 is 1. The summed E-state index contributed by atoms with van der Waals surface area (Å²) in [5.74, 6) is 0.866. The molecule has 1 aromatic heterocycles. The first-order valence-corrected chi connectivity index (χ1v) is 6.12. The molecule has 0 aliphatic carbocycles. The molecular weight excluding hydrogens is 246 g/mol. The smallest absolute Gasteiger partial charge is 0.124 e. The van der Waals surface area contributed by atoms with Crippen molar-refractivity contribution in [2.45, 2.75) is 9.79 Å². The van der Waals surface area contributed by atoms with E-state index in [9.17, 15) is 0 Å². The number of nitrogens with one attached hydrogen (secondary N) is 1.